The van der Waals surface area contributed by atoms with Gasteiger partial charge in [0, 0.05) is 50.5 Å². The van der Waals surface area contributed by atoms with Gasteiger partial charge < -0.3 is 14.2 Å². The number of ether oxygens (including phenoxy) is 1. The highest BCUT2D eigenvalue weighted by Crippen LogP contribution is 2.17. The van der Waals surface area contributed by atoms with Crippen LogP contribution in [0.25, 0.3) is 10.9 Å². The minimum Gasteiger partial charge on any atom is -0.380 e. The molecule has 3 heterocycles. The molecule has 128 valence electrons. The van der Waals surface area contributed by atoms with Gasteiger partial charge in [0.05, 0.1) is 6.61 Å². The van der Waals surface area contributed by atoms with Crippen LogP contribution in [0.1, 0.15) is 12.8 Å². The molecule has 0 N–H and O–H groups in total. The first-order valence-electron chi connectivity index (χ1n) is 8.95. The van der Waals surface area contributed by atoms with Crippen molar-refractivity contribution >= 4 is 16.8 Å². The maximum atomic E-state index is 12.8. The van der Waals surface area contributed by atoms with E-state index in [0.29, 0.717) is 12.6 Å². The van der Waals surface area contributed by atoms with E-state index in [2.05, 4.69) is 27.7 Å². The van der Waals surface area contributed by atoms with E-state index in [1.54, 1.807) is 0 Å². The summed E-state index contributed by atoms with van der Waals surface area (Å²) in [5.74, 6) is 0.223. The third-order valence-corrected chi connectivity index (χ3v) is 5.29. The Kier molecular flexibility index (Phi) is 4.54. The van der Waals surface area contributed by atoms with E-state index < -0.39 is 0 Å². The molecule has 1 amide bonds. The Morgan fingerprint density at radius 1 is 1.12 bits per heavy atom. The lowest BCUT2D eigenvalue weighted by Crippen LogP contribution is -2.40. The number of hydrogen-bond acceptors (Lipinski definition) is 3. The van der Waals surface area contributed by atoms with Crippen molar-refractivity contribution in [2.45, 2.75) is 25.4 Å². The molecule has 24 heavy (non-hydrogen) atoms. The maximum Gasteiger partial charge on any atom is 0.242 e. The van der Waals surface area contributed by atoms with Gasteiger partial charge in [-0.2, -0.15) is 0 Å². The Morgan fingerprint density at radius 3 is 2.92 bits per heavy atom. The van der Waals surface area contributed by atoms with Gasteiger partial charge in [-0.15, -0.1) is 0 Å². The molecule has 5 nitrogen and oxygen atoms in total. The number of amides is 1. The lowest BCUT2D eigenvalue weighted by Gasteiger charge is -2.26. The third-order valence-electron chi connectivity index (χ3n) is 5.29. The van der Waals surface area contributed by atoms with E-state index in [0.717, 1.165) is 57.8 Å². The van der Waals surface area contributed by atoms with Crippen molar-refractivity contribution < 1.29 is 9.53 Å². The van der Waals surface area contributed by atoms with E-state index >= 15 is 0 Å². The van der Waals surface area contributed by atoms with E-state index in [1.165, 1.54) is 5.39 Å². The van der Waals surface area contributed by atoms with Gasteiger partial charge in [0.1, 0.15) is 6.54 Å². The minimum absolute atomic E-state index is 0.223. The summed E-state index contributed by atoms with van der Waals surface area (Å²) in [7, 11) is 0. The van der Waals surface area contributed by atoms with Crippen LogP contribution in [0, 0.1) is 0 Å². The van der Waals surface area contributed by atoms with Crippen molar-refractivity contribution in [3.63, 3.8) is 0 Å². The Morgan fingerprint density at radius 2 is 2.04 bits per heavy atom. The van der Waals surface area contributed by atoms with Crippen molar-refractivity contribution in [3.05, 3.63) is 36.5 Å². The highest BCUT2D eigenvalue weighted by atomic mass is 16.5. The topological polar surface area (TPSA) is 37.7 Å². The van der Waals surface area contributed by atoms with Crippen LogP contribution in [0.3, 0.4) is 0 Å². The summed E-state index contributed by atoms with van der Waals surface area (Å²) in [6.45, 7) is 5.89. The smallest absolute Gasteiger partial charge is 0.242 e. The fourth-order valence-electron chi connectivity index (χ4n) is 3.89. The molecule has 0 saturated carbocycles. The standard InChI is InChI=1S/C19H25N3O2/c23-19(14-22-10-6-16-4-1-2-5-18(16)22)21-9-3-8-20(11-12-21)17-7-13-24-15-17/h1-2,4-6,10,17H,3,7-9,11-15H2. The van der Waals surface area contributed by atoms with Crippen LogP contribution in [0.4, 0.5) is 0 Å². The number of benzene rings is 1. The number of para-hydroxylation sites is 1. The van der Waals surface area contributed by atoms with Crippen LogP contribution in [0.5, 0.6) is 0 Å². The zero-order valence-corrected chi connectivity index (χ0v) is 14.1. The Hall–Kier alpha value is -1.85. The molecule has 1 atom stereocenters. The highest BCUT2D eigenvalue weighted by Gasteiger charge is 2.26. The van der Waals surface area contributed by atoms with Gasteiger partial charge in [-0.1, -0.05) is 18.2 Å². The van der Waals surface area contributed by atoms with Gasteiger partial charge in [-0.05, 0) is 30.4 Å². The Bertz CT molecular complexity index is 705. The molecule has 1 aromatic heterocycles. The summed E-state index contributed by atoms with van der Waals surface area (Å²) in [4.78, 5) is 17.3. The summed E-state index contributed by atoms with van der Waals surface area (Å²) < 4.78 is 7.57. The number of carbonyl (C=O) groups excluding carboxylic acids is 1. The van der Waals surface area contributed by atoms with Gasteiger partial charge in [0.15, 0.2) is 0 Å². The number of hydrogen-bond donors (Lipinski definition) is 0. The number of carbonyl (C=O) groups is 1. The molecule has 2 fully saturated rings. The summed E-state index contributed by atoms with van der Waals surface area (Å²) in [6, 6.07) is 10.8. The van der Waals surface area contributed by atoms with Crippen LogP contribution >= 0.6 is 0 Å². The minimum atomic E-state index is 0.223. The van der Waals surface area contributed by atoms with Gasteiger partial charge in [-0.25, -0.2) is 0 Å². The normalized spacial score (nSPS) is 22.8. The Balaban J connectivity index is 1.39. The first-order valence-corrected chi connectivity index (χ1v) is 8.95. The predicted molar refractivity (Wildman–Crippen MR) is 93.9 cm³/mol. The first-order chi connectivity index (χ1) is 11.8. The second-order valence-corrected chi connectivity index (χ2v) is 6.79. The van der Waals surface area contributed by atoms with Crippen LogP contribution in [0.2, 0.25) is 0 Å². The summed E-state index contributed by atoms with van der Waals surface area (Å²) >= 11 is 0. The molecule has 0 bridgehead atoms. The zero-order chi connectivity index (χ0) is 16.4. The molecular weight excluding hydrogens is 302 g/mol. The number of rotatable bonds is 3. The molecule has 0 spiro atoms. The molecule has 1 aromatic carbocycles. The largest absolute Gasteiger partial charge is 0.380 e. The number of aromatic nitrogens is 1. The lowest BCUT2D eigenvalue weighted by molar-refractivity contribution is -0.131. The summed E-state index contributed by atoms with van der Waals surface area (Å²) in [5.41, 5.74) is 1.13. The van der Waals surface area contributed by atoms with E-state index in [-0.39, 0.29) is 5.91 Å². The second kappa shape index (κ2) is 6.95. The lowest BCUT2D eigenvalue weighted by atomic mass is 10.2. The fourth-order valence-corrected chi connectivity index (χ4v) is 3.89. The molecule has 0 aliphatic carbocycles. The molecule has 2 aliphatic rings. The predicted octanol–water partition coefficient (Wildman–Crippen LogP) is 1.96. The monoisotopic (exact) mass is 327 g/mol. The molecule has 2 aliphatic heterocycles. The van der Waals surface area contributed by atoms with Gasteiger partial charge >= 0.3 is 0 Å². The van der Waals surface area contributed by atoms with Crippen LogP contribution in [0.15, 0.2) is 36.5 Å². The second-order valence-electron chi connectivity index (χ2n) is 6.79. The number of fused-ring (bicyclic) bond motifs is 1. The van der Waals surface area contributed by atoms with Crippen molar-refractivity contribution in [1.29, 1.82) is 0 Å². The molecule has 0 radical (unpaired) electrons. The molecular formula is C19H25N3O2. The maximum absolute atomic E-state index is 12.8. The molecule has 5 heteroatoms. The van der Waals surface area contributed by atoms with E-state index in [1.807, 2.05) is 23.2 Å². The third kappa shape index (κ3) is 3.19. The summed E-state index contributed by atoms with van der Waals surface area (Å²) in [5, 5.41) is 1.19. The fraction of sp³-hybridized carbons (Fsp3) is 0.526. The van der Waals surface area contributed by atoms with Crippen molar-refractivity contribution in [3.8, 4) is 0 Å². The molecule has 1 unspecified atom stereocenters. The van der Waals surface area contributed by atoms with Gasteiger partial charge in [-0.3, -0.25) is 9.69 Å². The first kappa shape index (κ1) is 15.7. The van der Waals surface area contributed by atoms with Crippen molar-refractivity contribution in [1.82, 2.24) is 14.4 Å². The average molecular weight is 327 g/mol. The van der Waals surface area contributed by atoms with Gasteiger partial charge in [0.25, 0.3) is 0 Å². The van der Waals surface area contributed by atoms with E-state index in [9.17, 15) is 4.79 Å². The molecule has 4 rings (SSSR count). The van der Waals surface area contributed by atoms with Crippen LogP contribution in [-0.4, -0.2) is 65.7 Å². The van der Waals surface area contributed by atoms with Crippen molar-refractivity contribution in [2.24, 2.45) is 0 Å². The molecule has 2 aromatic rings. The van der Waals surface area contributed by atoms with Crippen molar-refractivity contribution in [2.75, 3.05) is 39.4 Å². The average Bonchev–Trinajstić information content (AvgIpc) is 3.20. The SMILES string of the molecule is O=C(Cn1ccc2ccccc21)N1CCCN(C2CCOC2)CC1. The van der Waals surface area contributed by atoms with Crippen LogP contribution < -0.4 is 0 Å². The highest BCUT2D eigenvalue weighted by molar-refractivity contribution is 5.83. The molecule has 2 saturated heterocycles. The van der Waals surface area contributed by atoms with Gasteiger partial charge in [0.2, 0.25) is 5.91 Å². The van der Waals surface area contributed by atoms with Crippen LogP contribution in [-0.2, 0) is 16.1 Å². The quantitative estimate of drug-likeness (QED) is 0.865. The van der Waals surface area contributed by atoms with E-state index in [4.69, 9.17) is 4.74 Å². The summed E-state index contributed by atoms with van der Waals surface area (Å²) in [6.07, 6.45) is 4.19. The Labute approximate surface area is 142 Å². The zero-order valence-electron chi connectivity index (χ0n) is 14.1. The number of nitrogens with zero attached hydrogens (tertiary/aromatic N) is 3.